The number of aryl methyl sites for hydroxylation is 1. The van der Waals surface area contributed by atoms with E-state index in [2.05, 4.69) is 27.8 Å². The van der Waals surface area contributed by atoms with Crippen molar-refractivity contribution < 1.29 is 9.90 Å². The Balaban J connectivity index is 1.83. The second-order valence-corrected chi connectivity index (χ2v) is 8.81. The Bertz CT molecular complexity index is 927. The number of carbonyl (C=O) groups is 1. The average molecular weight is 482 g/mol. The van der Waals surface area contributed by atoms with E-state index in [0.29, 0.717) is 35.0 Å². The molecule has 29 heavy (non-hydrogen) atoms. The Morgan fingerprint density at radius 2 is 2.03 bits per heavy atom. The molecule has 1 fully saturated rings. The summed E-state index contributed by atoms with van der Waals surface area (Å²) in [4.78, 5) is 26.3. The number of hydrogen-bond acceptors (Lipinski definition) is 3. The Kier molecular flexibility index (Phi) is 7.55. The van der Waals surface area contributed by atoms with Crippen molar-refractivity contribution in [1.82, 2.24) is 9.47 Å². The smallest absolute Gasteiger partial charge is 0.335 e. The standard InChI is InChI=1S/C22H26BrClN2O3/c1-2-4-17-5-3-11-25(17)14-20-19(24)13-18(23)21(27)26(20)12-10-15-6-8-16(9-7-15)22(28)29/h6-9,13,17H,2-5,10-12,14H2,1H3,(H,28,29)/t17-/m0/s1. The molecule has 1 saturated heterocycles. The van der Waals surface area contributed by atoms with Gasteiger partial charge in [0.05, 0.1) is 20.8 Å². The molecule has 2 heterocycles. The summed E-state index contributed by atoms with van der Waals surface area (Å²) in [5, 5.41) is 9.64. The number of carboxylic acid groups (broad SMARTS) is 1. The minimum atomic E-state index is -0.943. The Labute approximate surface area is 184 Å². The molecule has 1 atom stereocenters. The number of rotatable bonds is 8. The largest absolute Gasteiger partial charge is 0.478 e. The quantitative estimate of drug-likeness (QED) is 0.578. The fourth-order valence-corrected chi connectivity index (χ4v) is 4.89. The first kappa shape index (κ1) is 22.1. The molecule has 0 amide bonds. The minimum absolute atomic E-state index is 0.0854. The van der Waals surface area contributed by atoms with Gasteiger partial charge in [-0.3, -0.25) is 9.69 Å². The van der Waals surface area contributed by atoms with Crippen LogP contribution in [0.1, 0.15) is 54.2 Å². The maximum atomic E-state index is 12.8. The van der Waals surface area contributed by atoms with Gasteiger partial charge < -0.3 is 9.67 Å². The van der Waals surface area contributed by atoms with E-state index in [1.807, 2.05) is 0 Å². The molecule has 0 spiro atoms. The first-order chi connectivity index (χ1) is 13.9. The van der Waals surface area contributed by atoms with Gasteiger partial charge in [-0.05, 0) is 71.9 Å². The zero-order chi connectivity index (χ0) is 21.0. The number of benzene rings is 1. The van der Waals surface area contributed by atoms with Crippen LogP contribution >= 0.6 is 27.5 Å². The van der Waals surface area contributed by atoms with Crippen LogP contribution in [0.25, 0.3) is 0 Å². The zero-order valence-electron chi connectivity index (χ0n) is 16.5. The SMILES string of the molecule is CCC[C@H]1CCCN1Cc1c(Cl)cc(Br)c(=O)n1CCc1ccc(C(=O)O)cc1. The highest BCUT2D eigenvalue weighted by Gasteiger charge is 2.26. The summed E-state index contributed by atoms with van der Waals surface area (Å²) in [7, 11) is 0. The van der Waals surface area contributed by atoms with Crippen molar-refractivity contribution in [2.45, 2.75) is 58.2 Å². The van der Waals surface area contributed by atoms with Crippen LogP contribution in [0.15, 0.2) is 39.6 Å². The van der Waals surface area contributed by atoms with Crippen LogP contribution in [-0.4, -0.2) is 33.1 Å². The van der Waals surface area contributed by atoms with Crippen LogP contribution in [0.2, 0.25) is 5.02 Å². The van der Waals surface area contributed by atoms with Crippen LogP contribution in [0.5, 0.6) is 0 Å². The summed E-state index contributed by atoms with van der Waals surface area (Å²) >= 11 is 9.90. The molecule has 0 aliphatic carbocycles. The van der Waals surface area contributed by atoms with E-state index in [1.165, 1.54) is 12.8 Å². The molecule has 1 aromatic carbocycles. The van der Waals surface area contributed by atoms with Crippen molar-refractivity contribution >= 4 is 33.5 Å². The van der Waals surface area contributed by atoms with E-state index >= 15 is 0 Å². The highest BCUT2D eigenvalue weighted by molar-refractivity contribution is 9.10. The number of likely N-dealkylation sites (tertiary alicyclic amines) is 1. The van der Waals surface area contributed by atoms with Crippen molar-refractivity contribution in [2.24, 2.45) is 0 Å². The van der Waals surface area contributed by atoms with Gasteiger partial charge in [-0.25, -0.2) is 4.79 Å². The Hall–Kier alpha value is -1.63. The molecule has 1 N–H and O–H groups in total. The van der Waals surface area contributed by atoms with Crippen LogP contribution in [0.3, 0.4) is 0 Å². The van der Waals surface area contributed by atoms with E-state index in [-0.39, 0.29) is 11.1 Å². The molecule has 1 aromatic heterocycles. The Morgan fingerprint density at radius 1 is 1.31 bits per heavy atom. The first-order valence-electron chi connectivity index (χ1n) is 10.0. The number of hydrogen-bond donors (Lipinski definition) is 1. The van der Waals surface area contributed by atoms with Gasteiger partial charge in [-0.15, -0.1) is 0 Å². The molecule has 0 saturated carbocycles. The van der Waals surface area contributed by atoms with Crippen molar-refractivity contribution in [1.29, 1.82) is 0 Å². The van der Waals surface area contributed by atoms with Gasteiger partial charge in [0.15, 0.2) is 0 Å². The monoisotopic (exact) mass is 480 g/mol. The molecule has 0 bridgehead atoms. The summed E-state index contributed by atoms with van der Waals surface area (Å²) in [5.41, 5.74) is 2.00. The van der Waals surface area contributed by atoms with Gasteiger partial charge in [-0.1, -0.05) is 37.1 Å². The molecule has 2 aromatic rings. The van der Waals surface area contributed by atoms with Gasteiger partial charge in [0, 0.05) is 19.1 Å². The maximum absolute atomic E-state index is 12.8. The third-order valence-corrected chi connectivity index (χ3v) is 6.50. The molecule has 156 valence electrons. The van der Waals surface area contributed by atoms with E-state index < -0.39 is 5.97 Å². The van der Waals surface area contributed by atoms with Crippen LogP contribution < -0.4 is 5.56 Å². The van der Waals surface area contributed by atoms with Crippen LogP contribution in [0, 0.1) is 0 Å². The number of carboxylic acids is 1. The van der Waals surface area contributed by atoms with E-state index in [1.54, 1.807) is 34.9 Å². The molecule has 5 nitrogen and oxygen atoms in total. The van der Waals surface area contributed by atoms with E-state index in [0.717, 1.165) is 30.6 Å². The number of aromatic nitrogens is 1. The lowest BCUT2D eigenvalue weighted by Gasteiger charge is -2.26. The molecule has 0 radical (unpaired) electrons. The molecule has 0 unspecified atom stereocenters. The second-order valence-electron chi connectivity index (χ2n) is 7.55. The summed E-state index contributed by atoms with van der Waals surface area (Å²) in [5.74, 6) is -0.943. The van der Waals surface area contributed by atoms with Crippen LogP contribution in [-0.2, 0) is 19.5 Å². The van der Waals surface area contributed by atoms with Crippen molar-refractivity contribution in [2.75, 3.05) is 6.54 Å². The Morgan fingerprint density at radius 3 is 2.69 bits per heavy atom. The normalized spacial score (nSPS) is 17.0. The molecule has 1 aliphatic rings. The van der Waals surface area contributed by atoms with Gasteiger partial charge in [0.1, 0.15) is 0 Å². The molecule has 1 aliphatic heterocycles. The lowest BCUT2D eigenvalue weighted by atomic mass is 10.1. The molecule has 3 rings (SSSR count). The number of nitrogens with zero attached hydrogens (tertiary/aromatic N) is 2. The average Bonchev–Trinajstić information content (AvgIpc) is 3.13. The highest BCUT2D eigenvalue weighted by Crippen LogP contribution is 2.27. The van der Waals surface area contributed by atoms with Crippen molar-refractivity contribution in [3.63, 3.8) is 0 Å². The third-order valence-electron chi connectivity index (χ3n) is 5.60. The zero-order valence-corrected chi connectivity index (χ0v) is 18.9. The second kappa shape index (κ2) is 9.92. The number of pyridine rings is 1. The topological polar surface area (TPSA) is 62.5 Å². The lowest BCUT2D eigenvalue weighted by molar-refractivity contribution is 0.0697. The highest BCUT2D eigenvalue weighted by atomic mass is 79.9. The maximum Gasteiger partial charge on any atom is 0.335 e. The van der Waals surface area contributed by atoms with Crippen molar-refractivity contribution in [3.8, 4) is 0 Å². The first-order valence-corrected chi connectivity index (χ1v) is 11.2. The molecule has 7 heteroatoms. The van der Waals surface area contributed by atoms with Gasteiger partial charge in [-0.2, -0.15) is 0 Å². The fraction of sp³-hybridized carbons (Fsp3) is 0.455. The molecular weight excluding hydrogens is 456 g/mol. The minimum Gasteiger partial charge on any atom is -0.478 e. The third kappa shape index (κ3) is 5.30. The summed E-state index contributed by atoms with van der Waals surface area (Å²) in [6.07, 6.45) is 5.31. The van der Waals surface area contributed by atoms with Crippen molar-refractivity contribution in [3.05, 3.63) is 67.0 Å². The fourth-order valence-electron chi connectivity index (χ4n) is 4.04. The van der Waals surface area contributed by atoms with E-state index in [4.69, 9.17) is 16.7 Å². The van der Waals surface area contributed by atoms with Gasteiger partial charge in [0.2, 0.25) is 0 Å². The summed E-state index contributed by atoms with van der Waals surface area (Å²) in [6.45, 7) is 4.40. The lowest BCUT2D eigenvalue weighted by Crippen LogP contribution is -2.33. The van der Waals surface area contributed by atoms with Gasteiger partial charge >= 0.3 is 5.97 Å². The molecular formula is C22H26BrClN2O3. The van der Waals surface area contributed by atoms with Gasteiger partial charge in [0.25, 0.3) is 5.56 Å². The van der Waals surface area contributed by atoms with E-state index in [9.17, 15) is 9.59 Å². The summed E-state index contributed by atoms with van der Waals surface area (Å²) < 4.78 is 2.22. The summed E-state index contributed by atoms with van der Waals surface area (Å²) in [6, 6.07) is 9.02. The predicted octanol–water partition coefficient (Wildman–Crippen LogP) is 4.97. The van der Waals surface area contributed by atoms with Crippen LogP contribution in [0.4, 0.5) is 0 Å². The predicted molar refractivity (Wildman–Crippen MR) is 119 cm³/mol. The number of aromatic carboxylic acids is 1. The number of halogens is 2.